The summed E-state index contributed by atoms with van der Waals surface area (Å²) in [5.74, 6) is 0. The van der Waals surface area contributed by atoms with Crippen LogP contribution in [0, 0.1) is 0 Å². The summed E-state index contributed by atoms with van der Waals surface area (Å²) in [5, 5.41) is 8.39. The summed E-state index contributed by atoms with van der Waals surface area (Å²) in [6, 6.07) is 4.93. The number of nitrogens with zero attached hydrogens (tertiary/aromatic N) is 3. The number of rotatable bonds is 2. The van der Waals surface area contributed by atoms with E-state index in [2.05, 4.69) is 10.2 Å². The smallest absolute Gasteiger partial charge is 0.152 e. The van der Waals surface area contributed by atoms with Crippen molar-refractivity contribution in [2.45, 2.75) is 0 Å². The van der Waals surface area contributed by atoms with Gasteiger partial charge in [-0.05, 0) is 18.2 Å². The molecular formula is C9H6ClN3O. The summed E-state index contributed by atoms with van der Waals surface area (Å²) in [4.78, 5) is 12.1. The van der Waals surface area contributed by atoms with E-state index in [9.17, 15) is 4.79 Å². The average Bonchev–Trinajstić information content (AvgIpc) is 2.70. The van der Waals surface area contributed by atoms with Crippen LogP contribution in [-0.2, 0) is 0 Å². The molecule has 0 N–H and O–H groups in total. The summed E-state index contributed by atoms with van der Waals surface area (Å²) < 4.78 is 0. The number of halogens is 1. The fourth-order valence-electron chi connectivity index (χ4n) is 1.13. The van der Waals surface area contributed by atoms with Crippen LogP contribution in [0.2, 0.25) is 5.02 Å². The SMILES string of the molecule is O=Cc1ccc(Cl)cc1-n1nccn1. The van der Waals surface area contributed by atoms with Gasteiger partial charge in [0.15, 0.2) is 6.29 Å². The average molecular weight is 208 g/mol. The van der Waals surface area contributed by atoms with Crippen LogP contribution in [0.3, 0.4) is 0 Å². The van der Waals surface area contributed by atoms with Crippen molar-refractivity contribution >= 4 is 17.9 Å². The van der Waals surface area contributed by atoms with Crippen molar-refractivity contribution in [1.29, 1.82) is 0 Å². The highest BCUT2D eigenvalue weighted by Crippen LogP contribution is 2.17. The van der Waals surface area contributed by atoms with Gasteiger partial charge in [-0.15, -0.1) is 0 Å². The zero-order valence-electron chi connectivity index (χ0n) is 7.09. The quantitative estimate of drug-likeness (QED) is 0.705. The van der Waals surface area contributed by atoms with Crippen molar-refractivity contribution in [3.05, 3.63) is 41.2 Å². The Kier molecular flexibility index (Phi) is 2.28. The van der Waals surface area contributed by atoms with E-state index >= 15 is 0 Å². The topological polar surface area (TPSA) is 47.8 Å². The van der Waals surface area contributed by atoms with Crippen LogP contribution < -0.4 is 0 Å². The van der Waals surface area contributed by atoms with Gasteiger partial charge in [0, 0.05) is 10.6 Å². The van der Waals surface area contributed by atoms with Crippen LogP contribution in [0.25, 0.3) is 5.69 Å². The van der Waals surface area contributed by atoms with Crippen molar-refractivity contribution in [3.63, 3.8) is 0 Å². The second-order valence-corrected chi connectivity index (χ2v) is 3.08. The van der Waals surface area contributed by atoms with Gasteiger partial charge >= 0.3 is 0 Å². The van der Waals surface area contributed by atoms with Gasteiger partial charge in [0.2, 0.25) is 0 Å². The molecule has 0 spiro atoms. The number of aromatic nitrogens is 3. The minimum Gasteiger partial charge on any atom is -0.298 e. The Balaban J connectivity index is 2.61. The molecule has 0 radical (unpaired) electrons. The van der Waals surface area contributed by atoms with E-state index in [0.29, 0.717) is 16.3 Å². The van der Waals surface area contributed by atoms with Gasteiger partial charge in [-0.25, -0.2) is 0 Å². The summed E-state index contributed by atoms with van der Waals surface area (Å²) in [7, 11) is 0. The lowest BCUT2D eigenvalue weighted by Gasteiger charge is -2.02. The number of benzene rings is 1. The fourth-order valence-corrected chi connectivity index (χ4v) is 1.30. The maximum absolute atomic E-state index is 10.7. The van der Waals surface area contributed by atoms with Crippen LogP contribution in [-0.4, -0.2) is 21.3 Å². The summed E-state index contributed by atoms with van der Waals surface area (Å²) in [6.07, 6.45) is 3.82. The van der Waals surface area contributed by atoms with Gasteiger partial charge in [-0.2, -0.15) is 15.0 Å². The Labute approximate surface area is 85.1 Å². The second-order valence-electron chi connectivity index (χ2n) is 2.64. The van der Waals surface area contributed by atoms with Crippen molar-refractivity contribution in [2.75, 3.05) is 0 Å². The zero-order valence-corrected chi connectivity index (χ0v) is 7.85. The standard InChI is InChI=1S/C9H6ClN3O/c10-8-2-1-7(6-14)9(5-8)13-11-3-4-12-13/h1-6H. The van der Waals surface area contributed by atoms with Gasteiger partial charge in [0.25, 0.3) is 0 Å². The predicted octanol–water partition coefficient (Wildman–Crippen LogP) is 1.73. The molecule has 0 unspecified atom stereocenters. The van der Waals surface area contributed by atoms with Gasteiger partial charge in [0.05, 0.1) is 18.1 Å². The summed E-state index contributed by atoms with van der Waals surface area (Å²) in [6.45, 7) is 0. The Bertz CT molecular complexity index is 453. The van der Waals surface area contributed by atoms with Gasteiger partial charge in [0.1, 0.15) is 0 Å². The lowest BCUT2D eigenvalue weighted by Crippen LogP contribution is -2.02. The predicted molar refractivity (Wildman–Crippen MR) is 51.8 cm³/mol. The van der Waals surface area contributed by atoms with Gasteiger partial charge in [-0.3, -0.25) is 4.79 Å². The summed E-state index contributed by atoms with van der Waals surface area (Å²) in [5.41, 5.74) is 1.09. The first-order valence-corrected chi connectivity index (χ1v) is 4.30. The Morgan fingerprint density at radius 2 is 2.00 bits per heavy atom. The van der Waals surface area contributed by atoms with E-state index < -0.39 is 0 Å². The third-order valence-corrected chi connectivity index (χ3v) is 1.99. The molecular weight excluding hydrogens is 202 g/mol. The highest BCUT2D eigenvalue weighted by atomic mass is 35.5. The third-order valence-electron chi connectivity index (χ3n) is 1.75. The number of aldehydes is 1. The molecule has 0 aliphatic rings. The molecule has 2 rings (SSSR count). The molecule has 0 amide bonds. The molecule has 0 bridgehead atoms. The van der Waals surface area contributed by atoms with E-state index in [4.69, 9.17) is 11.6 Å². The van der Waals surface area contributed by atoms with Crippen molar-refractivity contribution in [1.82, 2.24) is 15.0 Å². The maximum Gasteiger partial charge on any atom is 0.152 e. The minimum absolute atomic E-state index is 0.505. The van der Waals surface area contributed by atoms with E-state index in [-0.39, 0.29) is 0 Å². The van der Waals surface area contributed by atoms with Crippen LogP contribution in [0.4, 0.5) is 0 Å². The second kappa shape index (κ2) is 3.59. The lowest BCUT2D eigenvalue weighted by molar-refractivity contribution is 0.112. The van der Waals surface area contributed by atoms with Crippen molar-refractivity contribution in [3.8, 4) is 5.69 Å². The normalized spacial score (nSPS) is 10.1. The van der Waals surface area contributed by atoms with Crippen LogP contribution in [0.15, 0.2) is 30.6 Å². The van der Waals surface area contributed by atoms with Crippen LogP contribution >= 0.6 is 11.6 Å². The van der Waals surface area contributed by atoms with Gasteiger partial charge in [-0.1, -0.05) is 11.6 Å². The van der Waals surface area contributed by atoms with E-state index in [0.717, 1.165) is 6.29 Å². The number of hydrogen-bond acceptors (Lipinski definition) is 3. The van der Waals surface area contributed by atoms with E-state index in [1.165, 1.54) is 17.2 Å². The molecule has 1 aromatic carbocycles. The van der Waals surface area contributed by atoms with E-state index in [1.807, 2.05) is 0 Å². The number of hydrogen-bond donors (Lipinski definition) is 0. The third kappa shape index (κ3) is 1.52. The van der Waals surface area contributed by atoms with E-state index in [1.54, 1.807) is 18.2 Å². The molecule has 0 aliphatic heterocycles. The highest BCUT2D eigenvalue weighted by molar-refractivity contribution is 6.30. The van der Waals surface area contributed by atoms with Crippen molar-refractivity contribution in [2.24, 2.45) is 0 Å². The Morgan fingerprint density at radius 3 is 2.64 bits per heavy atom. The molecule has 5 heteroatoms. The molecule has 0 atom stereocenters. The first-order valence-electron chi connectivity index (χ1n) is 3.92. The number of carbonyl (C=O) groups is 1. The monoisotopic (exact) mass is 207 g/mol. The van der Waals surface area contributed by atoms with Crippen LogP contribution in [0.1, 0.15) is 10.4 Å². The van der Waals surface area contributed by atoms with Crippen LogP contribution in [0.5, 0.6) is 0 Å². The number of carbonyl (C=O) groups excluding carboxylic acids is 1. The maximum atomic E-state index is 10.7. The molecule has 4 nitrogen and oxygen atoms in total. The Morgan fingerprint density at radius 1 is 1.29 bits per heavy atom. The summed E-state index contributed by atoms with van der Waals surface area (Å²) >= 11 is 5.81. The Hall–Kier alpha value is -1.68. The molecule has 1 heterocycles. The van der Waals surface area contributed by atoms with Crippen molar-refractivity contribution < 1.29 is 4.79 Å². The molecule has 0 saturated heterocycles. The fraction of sp³-hybridized carbons (Fsp3) is 0. The first-order chi connectivity index (χ1) is 6.81. The minimum atomic E-state index is 0.505. The molecule has 14 heavy (non-hydrogen) atoms. The molecule has 1 aromatic heterocycles. The largest absolute Gasteiger partial charge is 0.298 e. The molecule has 0 saturated carbocycles. The molecule has 0 aliphatic carbocycles. The first kappa shape index (κ1) is 8.90. The zero-order chi connectivity index (χ0) is 9.97. The highest BCUT2D eigenvalue weighted by Gasteiger charge is 2.05. The molecule has 2 aromatic rings. The molecule has 70 valence electrons. The molecule has 0 fully saturated rings. The lowest BCUT2D eigenvalue weighted by atomic mass is 10.2. The van der Waals surface area contributed by atoms with Gasteiger partial charge < -0.3 is 0 Å².